The van der Waals surface area contributed by atoms with E-state index in [1.165, 1.54) is 55.6 Å². The van der Waals surface area contributed by atoms with Crippen LogP contribution >= 0.6 is 0 Å². The zero-order chi connectivity index (χ0) is 19.8. The van der Waals surface area contributed by atoms with E-state index in [0.717, 1.165) is 13.0 Å². The quantitative estimate of drug-likeness (QED) is 0.411. The summed E-state index contributed by atoms with van der Waals surface area (Å²) in [6.45, 7) is 4.69. The maximum atomic E-state index is 4.00. The van der Waals surface area contributed by atoms with Crippen molar-refractivity contribution in [2.24, 2.45) is 0 Å². The average Bonchev–Trinajstić information content (AvgIpc) is 2.82. The molecule has 2 heteroatoms. The van der Waals surface area contributed by atoms with E-state index >= 15 is 0 Å². The molecule has 1 fully saturated rings. The molecule has 0 saturated carbocycles. The van der Waals surface area contributed by atoms with Crippen molar-refractivity contribution in [1.82, 2.24) is 10.2 Å². The van der Waals surface area contributed by atoms with Gasteiger partial charge in [0.2, 0.25) is 0 Å². The first kappa shape index (κ1) is 19.9. The van der Waals surface area contributed by atoms with Gasteiger partial charge in [-0.25, -0.2) is 0 Å². The molecule has 1 N–H and O–H groups in total. The van der Waals surface area contributed by atoms with E-state index in [9.17, 15) is 0 Å². The van der Waals surface area contributed by atoms with Crippen LogP contribution in [0.2, 0.25) is 0 Å². The van der Waals surface area contributed by atoms with Crippen molar-refractivity contribution >= 4 is 0 Å². The Morgan fingerprint density at radius 2 is 1.07 bits per heavy atom. The third-order valence-corrected chi connectivity index (χ3v) is 6.11. The molecule has 4 rings (SSSR count). The number of nitrogens with one attached hydrogen (secondary N) is 1. The Hall–Kier alpha value is -2.42. The second-order valence-corrected chi connectivity index (χ2v) is 8.03. The number of rotatable bonds is 8. The number of benzene rings is 3. The van der Waals surface area contributed by atoms with Crippen LogP contribution in [0.25, 0.3) is 0 Å². The van der Waals surface area contributed by atoms with Gasteiger partial charge in [0.1, 0.15) is 0 Å². The highest BCUT2D eigenvalue weighted by molar-refractivity contribution is 5.49. The molecule has 1 aliphatic rings. The van der Waals surface area contributed by atoms with E-state index in [1.807, 2.05) is 0 Å². The zero-order valence-corrected chi connectivity index (χ0v) is 17.3. The van der Waals surface area contributed by atoms with Gasteiger partial charge in [-0.1, -0.05) is 97.4 Å². The first-order valence-corrected chi connectivity index (χ1v) is 11.0. The van der Waals surface area contributed by atoms with Crippen LogP contribution in [0.1, 0.15) is 42.4 Å². The van der Waals surface area contributed by atoms with Crippen molar-refractivity contribution < 1.29 is 0 Å². The lowest BCUT2D eigenvalue weighted by Crippen LogP contribution is -2.45. The molecule has 0 aliphatic carbocycles. The fourth-order valence-electron chi connectivity index (χ4n) is 4.63. The van der Waals surface area contributed by atoms with Crippen molar-refractivity contribution in [3.05, 3.63) is 108 Å². The van der Waals surface area contributed by atoms with E-state index in [-0.39, 0.29) is 5.54 Å². The summed E-state index contributed by atoms with van der Waals surface area (Å²) in [5, 5.41) is 4.00. The molecular formula is C27H32N2. The highest BCUT2D eigenvalue weighted by atomic mass is 15.1. The summed E-state index contributed by atoms with van der Waals surface area (Å²) in [5.41, 5.74) is 3.52. The second-order valence-electron chi connectivity index (χ2n) is 8.03. The van der Waals surface area contributed by atoms with Gasteiger partial charge < -0.3 is 4.90 Å². The number of nitrogens with zero attached hydrogens (tertiary/aromatic N) is 1. The van der Waals surface area contributed by atoms with Crippen molar-refractivity contribution in [3.63, 3.8) is 0 Å². The molecule has 0 unspecified atom stereocenters. The van der Waals surface area contributed by atoms with E-state index in [4.69, 9.17) is 0 Å². The van der Waals surface area contributed by atoms with Crippen molar-refractivity contribution in [3.8, 4) is 0 Å². The highest BCUT2D eigenvalue weighted by Gasteiger charge is 2.35. The monoisotopic (exact) mass is 384 g/mol. The zero-order valence-electron chi connectivity index (χ0n) is 17.3. The fraction of sp³-hybridized carbons (Fsp3) is 0.333. The van der Waals surface area contributed by atoms with Gasteiger partial charge in [-0.2, -0.15) is 0 Å². The van der Waals surface area contributed by atoms with Crippen LogP contribution < -0.4 is 5.32 Å². The third-order valence-electron chi connectivity index (χ3n) is 6.11. The smallest absolute Gasteiger partial charge is 0.0947 e. The molecule has 0 aromatic heterocycles. The van der Waals surface area contributed by atoms with Crippen LogP contribution in [0.4, 0.5) is 0 Å². The van der Waals surface area contributed by atoms with Crippen LogP contribution in [0.5, 0.6) is 0 Å². The topological polar surface area (TPSA) is 15.3 Å². The number of hydrogen-bond acceptors (Lipinski definition) is 2. The van der Waals surface area contributed by atoms with Gasteiger partial charge in [-0.05, 0) is 62.1 Å². The summed E-state index contributed by atoms with van der Waals surface area (Å²) in [5.74, 6) is 0. The third kappa shape index (κ3) is 4.60. The molecular weight excluding hydrogens is 352 g/mol. The SMILES string of the molecule is c1ccc(C(NCCCN2CCCCC2)(c2ccccc2)c2ccccc2)cc1. The van der Waals surface area contributed by atoms with Gasteiger partial charge in [-0.15, -0.1) is 0 Å². The Labute approximate surface area is 175 Å². The summed E-state index contributed by atoms with van der Waals surface area (Å²) < 4.78 is 0. The maximum Gasteiger partial charge on any atom is 0.0947 e. The van der Waals surface area contributed by atoms with Crippen molar-refractivity contribution in [1.29, 1.82) is 0 Å². The molecule has 1 saturated heterocycles. The molecule has 0 spiro atoms. The molecule has 0 atom stereocenters. The predicted molar refractivity (Wildman–Crippen MR) is 122 cm³/mol. The summed E-state index contributed by atoms with van der Waals surface area (Å²) in [6, 6.07) is 32.6. The molecule has 3 aromatic carbocycles. The lowest BCUT2D eigenvalue weighted by molar-refractivity contribution is 0.224. The number of likely N-dealkylation sites (tertiary alicyclic amines) is 1. The summed E-state index contributed by atoms with van der Waals surface area (Å²) in [7, 11) is 0. The Morgan fingerprint density at radius 3 is 1.52 bits per heavy atom. The lowest BCUT2D eigenvalue weighted by Gasteiger charge is -2.37. The van der Waals surface area contributed by atoms with Gasteiger partial charge in [0.25, 0.3) is 0 Å². The van der Waals surface area contributed by atoms with E-state index < -0.39 is 0 Å². The van der Waals surface area contributed by atoms with Crippen LogP contribution in [0.3, 0.4) is 0 Å². The standard InChI is InChI=1S/C27H32N2/c1-5-14-24(15-6-1)27(25-16-7-2-8-17-25,26-18-9-3-10-19-26)28-20-13-23-29-21-11-4-12-22-29/h1-3,5-10,14-19,28H,4,11-13,20-23H2. The minimum atomic E-state index is -0.342. The lowest BCUT2D eigenvalue weighted by atomic mass is 9.77. The molecule has 1 heterocycles. The van der Waals surface area contributed by atoms with Gasteiger partial charge in [-0.3, -0.25) is 5.32 Å². The van der Waals surface area contributed by atoms with Crippen molar-refractivity contribution in [2.75, 3.05) is 26.2 Å². The Kier molecular flexibility index (Phi) is 6.76. The van der Waals surface area contributed by atoms with Crippen molar-refractivity contribution in [2.45, 2.75) is 31.2 Å². The Balaban J connectivity index is 1.64. The van der Waals surface area contributed by atoms with Gasteiger partial charge in [0.15, 0.2) is 0 Å². The molecule has 3 aromatic rings. The summed E-state index contributed by atoms with van der Waals surface area (Å²) in [4.78, 5) is 2.63. The van der Waals surface area contributed by atoms with Gasteiger partial charge in [0.05, 0.1) is 5.54 Å². The fourth-order valence-corrected chi connectivity index (χ4v) is 4.63. The van der Waals surface area contributed by atoms with Gasteiger partial charge in [0, 0.05) is 0 Å². The minimum absolute atomic E-state index is 0.342. The van der Waals surface area contributed by atoms with Crippen LogP contribution in [0, 0.1) is 0 Å². The molecule has 0 bridgehead atoms. The van der Waals surface area contributed by atoms with E-state index in [1.54, 1.807) is 0 Å². The number of hydrogen-bond donors (Lipinski definition) is 1. The first-order valence-electron chi connectivity index (χ1n) is 11.0. The normalized spacial score (nSPS) is 15.3. The summed E-state index contributed by atoms with van der Waals surface area (Å²) >= 11 is 0. The minimum Gasteiger partial charge on any atom is -0.303 e. The van der Waals surface area contributed by atoms with E-state index in [0.29, 0.717) is 0 Å². The average molecular weight is 385 g/mol. The summed E-state index contributed by atoms with van der Waals surface area (Å²) in [6.07, 6.45) is 5.27. The molecule has 0 amide bonds. The first-order chi connectivity index (χ1) is 14.4. The molecule has 2 nitrogen and oxygen atoms in total. The Bertz CT molecular complexity index is 743. The Morgan fingerprint density at radius 1 is 0.621 bits per heavy atom. The molecule has 29 heavy (non-hydrogen) atoms. The van der Waals surface area contributed by atoms with Crippen LogP contribution in [0.15, 0.2) is 91.0 Å². The van der Waals surface area contributed by atoms with Crippen LogP contribution in [-0.2, 0) is 5.54 Å². The highest BCUT2D eigenvalue weighted by Crippen LogP contribution is 2.36. The van der Waals surface area contributed by atoms with E-state index in [2.05, 4.69) is 101 Å². The molecule has 1 aliphatic heterocycles. The largest absolute Gasteiger partial charge is 0.303 e. The molecule has 150 valence electrons. The molecule has 0 radical (unpaired) electrons. The van der Waals surface area contributed by atoms with Gasteiger partial charge >= 0.3 is 0 Å². The second kappa shape index (κ2) is 9.87. The maximum absolute atomic E-state index is 4.00. The number of piperidine rings is 1. The van der Waals surface area contributed by atoms with Crippen LogP contribution in [-0.4, -0.2) is 31.1 Å². The predicted octanol–water partition coefficient (Wildman–Crippen LogP) is 5.44.